The fraction of sp³-hybridized carbons (Fsp3) is 0.412. The van der Waals surface area contributed by atoms with Gasteiger partial charge < -0.3 is 10.1 Å². The topological polar surface area (TPSA) is 55.4 Å². The van der Waals surface area contributed by atoms with Crippen molar-refractivity contribution in [2.24, 2.45) is 0 Å². The van der Waals surface area contributed by atoms with Gasteiger partial charge in [0.05, 0.1) is 12.7 Å². The Bertz CT molecular complexity index is 585. The van der Waals surface area contributed by atoms with Crippen LogP contribution in [0.2, 0.25) is 0 Å². The highest BCUT2D eigenvalue weighted by molar-refractivity contribution is 5.95. The van der Waals surface area contributed by atoms with Gasteiger partial charge in [-0.15, -0.1) is 0 Å². The molecular formula is C17H21NO3. The molecule has 0 aliphatic carbocycles. The summed E-state index contributed by atoms with van der Waals surface area (Å²) in [6, 6.07) is 8.09. The number of rotatable bonds is 3. The number of methoxy groups -OCH3 is 1. The van der Waals surface area contributed by atoms with Crippen LogP contribution in [0.15, 0.2) is 35.5 Å². The number of ether oxygens (including phenoxy) is 1. The van der Waals surface area contributed by atoms with Crippen LogP contribution < -0.4 is 5.32 Å². The number of carbonyl (C=O) groups excluding carboxylic acids is 2. The summed E-state index contributed by atoms with van der Waals surface area (Å²) in [6.07, 6.45) is 0.267. The second kappa shape index (κ2) is 6.12. The smallest absolute Gasteiger partial charge is 0.336 e. The molecule has 2 rings (SSSR count). The van der Waals surface area contributed by atoms with E-state index in [0.29, 0.717) is 17.2 Å². The molecule has 112 valence electrons. The molecule has 0 aromatic heterocycles. The van der Waals surface area contributed by atoms with Crippen LogP contribution in [-0.4, -0.2) is 19.0 Å². The summed E-state index contributed by atoms with van der Waals surface area (Å²) >= 11 is 0. The fourth-order valence-corrected chi connectivity index (χ4v) is 2.68. The second-order valence-corrected chi connectivity index (χ2v) is 5.66. The monoisotopic (exact) mass is 287 g/mol. The van der Waals surface area contributed by atoms with E-state index in [-0.39, 0.29) is 24.2 Å². The molecular weight excluding hydrogens is 266 g/mol. The molecule has 1 atom stereocenters. The largest absolute Gasteiger partial charge is 0.466 e. The third kappa shape index (κ3) is 3.15. The standard InChI is InChI=1S/C17H21NO3/c1-10(2)12-5-7-13(8-6-12)14-9-15(19)18-11(3)16(14)17(20)21-4/h5-8,10,14H,9H2,1-4H3,(H,18,19)/t14-/m1/s1. The molecule has 0 saturated carbocycles. The van der Waals surface area contributed by atoms with E-state index in [1.165, 1.54) is 12.7 Å². The Morgan fingerprint density at radius 3 is 2.43 bits per heavy atom. The van der Waals surface area contributed by atoms with Crippen molar-refractivity contribution in [1.82, 2.24) is 5.32 Å². The predicted octanol–water partition coefficient (Wildman–Crippen LogP) is 2.86. The van der Waals surface area contributed by atoms with Gasteiger partial charge in [-0.05, 0) is 24.0 Å². The lowest BCUT2D eigenvalue weighted by Gasteiger charge is -2.26. The number of nitrogens with one attached hydrogen (secondary N) is 1. The van der Waals surface area contributed by atoms with E-state index in [4.69, 9.17) is 4.74 Å². The molecule has 0 radical (unpaired) electrons. The average Bonchev–Trinajstić information content (AvgIpc) is 2.45. The van der Waals surface area contributed by atoms with Gasteiger partial charge in [-0.25, -0.2) is 4.79 Å². The Labute approximate surface area is 125 Å². The van der Waals surface area contributed by atoms with E-state index in [0.717, 1.165) is 5.56 Å². The Balaban J connectivity index is 2.41. The van der Waals surface area contributed by atoms with Crippen LogP contribution in [0.3, 0.4) is 0 Å². The van der Waals surface area contributed by atoms with E-state index < -0.39 is 0 Å². The van der Waals surface area contributed by atoms with E-state index in [1.807, 2.05) is 12.1 Å². The second-order valence-electron chi connectivity index (χ2n) is 5.66. The molecule has 0 spiro atoms. The van der Waals surface area contributed by atoms with Gasteiger partial charge in [0.2, 0.25) is 5.91 Å². The summed E-state index contributed by atoms with van der Waals surface area (Å²) in [5.74, 6) is -0.248. The lowest BCUT2D eigenvalue weighted by molar-refractivity contribution is -0.136. The number of hydrogen-bond acceptors (Lipinski definition) is 3. The van der Waals surface area contributed by atoms with Crippen molar-refractivity contribution in [1.29, 1.82) is 0 Å². The highest BCUT2D eigenvalue weighted by atomic mass is 16.5. The molecule has 1 aromatic carbocycles. The Morgan fingerprint density at radius 2 is 1.90 bits per heavy atom. The van der Waals surface area contributed by atoms with Crippen LogP contribution in [-0.2, 0) is 14.3 Å². The molecule has 0 fully saturated rings. The summed E-state index contributed by atoms with van der Waals surface area (Å²) in [5, 5.41) is 2.71. The van der Waals surface area contributed by atoms with Crippen molar-refractivity contribution >= 4 is 11.9 Å². The minimum Gasteiger partial charge on any atom is -0.466 e. The Morgan fingerprint density at radius 1 is 1.29 bits per heavy atom. The van der Waals surface area contributed by atoms with Crippen LogP contribution in [0.4, 0.5) is 0 Å². The molecule has 4 nitrogen and oxygen atoms in total. The zero-order valence-corrected chi connectivity index (χ0v) is 12.9. The first kappa shape index (κ1) is 15.3. The quantitative estimate of drug-likeness (QED) is 0.870. The van der Waals surface area contributed by atoms with Crippen molar-refractivity contribution in [2.75, 3.05) is 7.11 Å². The molecule has 1 aliphatic rings. The predicted molar refractivity (Wildman–Crippen MR) is 80.7 cm³/mol. The molecule has 1 aromatic rings. The SMILES string of the molecule is COC(=O)C1=C(C)NC(=O)C[C@@H]1c1ccc(C(C)C)cc1. The molecule has 4 heteroatoms. The number of hydrogen-bond donors (Lipinski definition) is 1. The van der Waals surface area contributed by atoms with Gasteiger partial charge in [0.1, 0.15) is 0 Å². The molecule has 1 heterocycles. The summed E-state index contributed by atoms with van der Waals surface area (Å²) in [7, 11) is 1.36. The third-order valence-corrected chi connectivity index (χ3v) is 3.88. The number of amides is 1. The lowest BCUT2D eigenvalue weighted by atomic mass is 9.84. The first-order valence-corrected chi connectivity index (χ1v) is 7.12. The van der Waals surface area contributed by atoms with Gasteiger partial charge in [-0.3, -0.25) is 4.79 Å². The van der Waals surface area contributed by atoms with Gasteiger partial charge in [0, 0.05) is 18.0 Å². The number of benzene rings is 1. The summed E-state index contributed by atoms with van der Waals surface area (Å²) in [4.78, 5) is 23.8. The Kier molecular flexibility index (Phi) is 4.46. The van der Waals surface area contributed by atoms with Crippen LogP contribution in [0.1, 0.15) is 50.2 Å². The highest BCUT2D eigenvalue weighted by Crippen LogP contribution is 2.33. The Hall–Kier alpha value is -2.10. The van der Waals surface area contributed by atoms with Gasteiger partial charge in [-0.2, -0.15) is 0 Å². The average molecular weight is 287 g/mol. The molecule has 1 aliphatic heterocycles. The molecule has 21 heavy (non-hydrogen) atoms. The first-order valence-electron chi connectivity index (χ1n) is 7.12. The number of carbonyl (C=O) groups is 2. The van der Waals surface area contributed by atoms with Gasteiger partial charge >= 0.3 is 5.97 Å². The van der Waals surface area contributed by atoms with Crippen molar-refractivity contribution in [3.63, 3.8) is 0 Å². The zero-order valence-electron chi connectivity index (χ0n) is 12.9. The minimum atomic E-state index is -0.384. The third-order valence-electron chi connectivity index (χ3n) is 3.88. The van der Waals surface area contributed by atoms with Gasteiger partial charge in [0.25, 0.3) is 0 Å². The summed E-state index contributed by atoms with van der Waals surface area (Å²) in [6.45, 7) is 6.00. The maximum atomic E-state index is 12.0. The van der Waals surface area contributed by atoms with Crippen molar-refractivity contribution < 1.29 is 14.3 Å². The van der Waals surface area contributed by atoms with E-state index >= 15 is 0 Å². The molecule has 1 amide bonds. The van der Waals surface area contributed by atoms with Crippen molar-refractivity contribution in [2.45, 2.75) is 39.0 Å². The fourth-order valence-electron chi connectivity index (χ4n) is 2.68. The first-order chi connectivity index (χ1) is 9.93. The normalized spacial score (nSPS) is 18.7. The summed E-state index contributed by atoms with van der Waals surface area (Å²) < 4.78 is 4.86. The molecule has 0 saturated heterocycles. The van der Waals surface area contributed by atoms with E-state index in [1.54, 1.807) is 6.92 Å². The molecule has 0 bridgehead atoms. The van der Waals surface area contributed by atoms with Crippen LogP contribution in [0.25, 0.3) is 0 Å². The van der Waals surface area contributed by atoms with E-state index in [9.17, 15) is 9.59 Å². The van der Waals surface area contributed by atoms with Crippen LogP contribution >= 0.6 is 0 Å². The van der Waals surface area contributed by atoms with Crippen LogP contribution in [0, 0.1) is 0 Å². The lowest BCUT2D eigenvalue weighted by Crippen LogP contribution is -2.34. The highest BCUT2D eigenvalue weighted by Gasteiger charge is 2.32. The summed E-state index contributed by atoms with van der Waals surface area (Å²) in [5.41, 5.74) is 3.32. The minimum absolute atomic E-state index is 0.0712. The molecule has 1 N–H and O–H groups in total. The maximum absolute atomic E-state index is 12.0. The number of allylic oxidation sites excluding steroid dienone is 1. The maximum Gasteiger partial charge on any atom is 0.336 e. The molecule has 0 unspecified atom stereocenters. The number of esters is 1. The van der Waals surface area contributed by atoms with Crippen molar-refractivity contribution in [3.8, 4) is 0 Å². The van der Waals surface area contributed by atoms with Gasteiger partial charge in [0.15, 0.2) is 0 Å². The van der Waals surface area contributed by atoms with E-state index in [2.05, 4.69) is 31.3 Å². The van der Waals surface area contributed by atoms with Crippen LogP contribution in [0.5, 0.6) is 0 Å². The van der Waals surface area contributed by atoms with Gasteiger partial charge in [-0.1, -0.05) is 38.1 Å². The van der Waals surface area contributed by atoms with Crippen molar-refractivity contribution in [3.05, 3.63) is 46.7 Å². The zero-order chi connectivity index (χ0) is 15.6.